The SMILES string of the molecule is FC(F)(F)c1c[c-]c(N2[CH-]N(Cc3ccccc3)c3c(-c4ccccc4)nc(C(F)(F)F)nc32)cc1.FC(F)(F)c1c[c-]c(N2[CH-]N(Cc3ccccc3)c3c(-c4ccccc4)nc(C(F)(F)F)nc32)cc1.FC(F)(F)c1c[c-]c(N2[CH-]N(c3ccccc3)c3c(-c4ccccc4)nc(C(F)(F)F)nc32)cc1.[Ir]. The second kappa shape index (κ2) is 30.3. The van der Waals surface area contributed by atoms with Crippen LogP contribution in [0.5, 0.6) is 0 Å². The third-order valence-electron chi connectivity index (χ3n) is 16.3. The van der Waals surface area contributed by atoms with Gasteiger partial charge in [0.05, 0.1) is 34.1 Å². The molecule has 0 unspecified atom stereocenters. The third-order valence-corrected chi connectivity index (χ3v) is 16.3. The summed E-state index contributed by atoms with van der Waals surface area (Å²) in [6.45, 7) is 4.98. The van der Waals surface area contributed by atoms with Crippen molar-refractivity contribution in [1.82, 2.24) is 29.9 Å². The van der Waals surface area contributed by atoms with Gasteiger partial charge < -0.3 is 29.4 Å². The van der Waals surface area contributed by atoms with Crippen LogP contribution in [0.25, 0.3) is 33.8 Å². The molecule has 1 radical (unpaired) electrons. The number of rotatable bonds is 11. The summed E-state index contributed by atoms with van der Waals surface area (Å²) in [6, 6.07) is 68.0. The van der Waals surface area contributed by atoms with Crippen LogP contribution < -0.4 is 29.4 Å². The number of hydrogen-bond donors (Lipinski definition) is 0. The van der Waals surface area contributed by atoms with E-state index in [0.29, 0.717) is 33.8 Å². The van der Waals surface area contributed by atoms with E-state index in [4.69, 9.17) is 0 Å². The van der Waals surface area contributed by atoms with Crippen molar-refractivity contribution in [3.8, 4) is 33.8 Å². The predicted octanol–water partition coefficient (Wildman–Crippen LogP) is 21.9. The minimum Gasteiger partial charge on any atom is -0.495 e. The summed E-state index contributed by atoms with van der Waals surface area (Å²) in [6.07, 6.45) is -28.3. The molecular formula is C77H46F18IrN12-6. The maximum absolute atomic E-state index is 13.8. The van der Waals surface area contributed by atoms with Gasteiger partial charge >= 0.3 is 37.1 Å². The van der Waals surface area contributed by atoms with Crippen molar-refractivity contribution in [3.05, 3.63) is 320 Å². The summed E-state index contributed by atoms with van der Waals surface area (Å²) in [5.74, 6) is -4.42. The second-order valence-corrected chi connectivity index (χ2v) is 23.6. The second-order valence-electron chi connectivity index (χ2n) is 23.6. The van der Waals surface area contributed by atoms with Gasteiger partial charge in [0.15, 0.2) is 0 Å². The van der Waals surface area contributed by atoms with Gasteiger partial charge in [-0.05, 0) is 23.3 Å². The molecule has 0 atom stereocenters. The number of halogens is 18. The fraction of sp³-hybridized carbons (Fsp3) is 0.104. The van der Waals surface area contributed by atoms with E-state index in [1.807, 2.05) is 60.7 Å². The number of aromatic nitrogens is 6. The van der Waals surface area contributed by atoms with Gasteiger partial charge in [-0.2, -0.15) is 134 Å². The van der Waals surface area contributed by atoms with Crippen molar-refractivity contribution < 1.29 is 99.1 Å². The van der Waals surface area contributed by atoms with E-state index in [2.05, 4.69) is 48.1 Å². The van der Waals surface area contributed by atoms with E-state index in [1.54, 1.807) is 136 Å². The molecule has 0 saturated carbocycles. The molecule has 0 spiro atoms. The van der Waals surface area contributed by atoms with Crippen LogP contribution in [-0.4, -0.2) is 29.9 Å². The zero-order valence-corrected chi connectivity index (χ0v) is 57.1. The van der Waals surface area contributed by atoms with Crippen LogP contribution >= 0.6 is 0 Å². The minimum atomic E-state index is -4.85. The number of nitrogens with zero attached hydrogens (tertiary/aromatic N) is 12. The molecule has 3 aliphatic heterocycles. The van der Waals surface area contributed by atoms with Crippen molar-refractivity contribution in [2.75, 3.05) is 29.4 Å². The Morgan fingerprint density at radius 1 is 0.278 bits per heavy atom. The molecule has 6 heterocycles. The average molecular weight is 1670 g/mol. The molecule has 3 aromatic heterocycles. The number of hydrogen-bond acceptors (Lipinski definition) is 12. The molecule has 3 aliphatic rings. The van der Waals surface area contributed by atoms with Gasteiger partial charge in [0, 0.05) is 55.6 Å². The molecule has 0 saturated heterocycles. The van der Waals surface area contributed by atoms with Crippen molar-refractivity contribution in [1.29, 1.82) is 0 Å². The van der Waals surface area contributed by atoms with Crippen molar-refractivity contribution in [2.24, 2.45) is 0 Å². The van der Waals surface area contributed by atoms with E-state index in [1.165, 1.54) is 34.7 Å². The third kappa shape index (κ3) is 16.7. The van der Waals surface area contributed by atoms with Gasteiger partial charge in [-0.3, -0.25) is 0 Å². The molecule has 31 heteroatoms. The Bertz CT molecular complexity index is 4850. The number of alkyl halides is 18. The van der Waals surface area contributed by atoms with Crippen LogP contribution in [0, 0.1) is 38.2 Å². The predicted molar refractivity (Wildman–Crippen MR) is 361 cm³/mol. The van der Waals surface area contributed by atoms with Gasteiger partial charge in [0.1, 0.15) is 17.5 Å². The Morgan fingerprint density at radius 2 is 0.546 bits per heavy atom. The molecule has 0 aliphatic carbocycles. The zero-order chi connectivity index (χ0) is 75.8. The first kappa shape index (κ1) is 76.1. The van der Waals surface area contributed by atoms with Gasteiger partial charge in [-0.1, -0.05) is 187 Å². The first-order valence-electron chi connectivity index (χ1n) is 31.6. The molecule has 9 aromatic carbocycles. The Hall–Kier alpha value is -11.6. The number of anilines is 10. The summed E-state index contributed by atoms with van der Waals surface area (Å²) in [4.78, 5) is 31.8. The summed E-state index contributed by atoms with van der Waals surface area (Å²) in [7, 11) is 0. The summed E-state index contributed by atoms with van der Waals surface area (Å²) < 4.78 is 242. The number of para-hydroxylation sites is 1. The van der Waals surface area contributed by atoms with Gasteiger partial charge in [0.2, 0.25) is 17.5 Å². The van der Waals surface area contributed by atoms with E-state index >= 15 is 0 Å². The van der Waals surface area contributed by atoms with Gasteiger partial charge in [-0.25, -0.2) is 29.9 Å². The van der Waals surface area contributed by atoms with Gasteiger partial charge in [0.25, 0.3) is 0 Å². The quantitative estimate of drug-likeness (QED) is 0.0911. The summed E-state index contributed by atoms with van der Waals surface area (Å²) >= 11 is 0. The van der Waals surface area contributed by atoms with Crippen LogP contribution in [0.15, 0.2) is 237 Å². The smallest absolute Gasteiger partial charge is 0.451 e. The molecule has 108 heavy (non-hydrogen) atoms. The van der Waals surface area contributed by atoms with E-state index < -0.39 is 71.2 Å². The number of benzene rings is 9. The standard InChI is InChI=1S/2C26H16F6N4.C25H14F6N4.Ir/c2*27-25(28,29)19-11-13-20(14-12-19)36-16-35(15-17-7-3-1-4-8-17)22-21(18-9-5-2-6-10-18)33-24(26(30,31)32)34-23(22)36;26-24(27,28)17-11-13-19(14-12-17)35-15-34(18-9-5-2-6-10-18)21-20(16-7-3-1-4-8-16)32-23(25(29,30)31)33-22(21)35;/h2*1-13,16H,15H2;1-13,15H;/q3*-2;. The van der Waals surface area contributed by atoms with Crippen LogP contribution in [0.2, 0.25) is 0 Å². The Labute approximate surface area is 616 Å². The fourth-order valence-corrected chi connectivity index (χ4v) is 11.4. The Kier molecular flexibility index (Phi) is 21.4. The first-order valence-corrected chi connectivity index (χ1v) is 31.6. The molecule has 15 rings (SSSR count). The van der Waals surface area contributed by atoms with E-state index in [0.717, 1.165) is 65.7 Å². The molecular weight excluding hydrogens is 1630 g/mol. The van der Waals surface area contributed by atoms with Crippen molar-refractivity contribution in [3.63, 3.8) is 0 Å². The zero-order valence-electron chi connectivity index (χ0n) is 54.7. The average Bonchev–Trinajstić information content (AvgIpc) is 1.59. The molecule has 12 aromatic rings. The normalized spacial score (nSPS) is 13.6. The van der Waals surface area contributed by atoms with Crippen LogP contribution in [-0.2, 0) is 70.3 Å². The van der Waals surface area contributed by atoms with Crippen molar-refractivity contribution >= 4 is 57.3 Å². The minimum absolute atomic E-state index is 0. The van der Waals surface area contributed by atoms with Gasteiger partial charge in [-0.15, -0.1) is 55.3 Å². The fourth-order valence-electron chi connectivity index (χ4n) is 11.4. The van der Waals surface area contributed by atoms with Crippen LogP contribution in [0.1, 0.15) is 45.3 Å². The van der Waals surface area contributed by atoms with E-state index in [-0.39, 0.29) is 90.5 Å². The topological polar surface area (TPSA) is 96.8 Å². The Balaban J connectivity index is 0.000000151. The van der Waals surface area contributed by atoms with Crippen LogP contribution in [0.3, 0.4) is 0 Å². The summed E-state index contributed by atoms with van der Waals surface area (Å²) in [5, 5.41) is 0. The Morgan fingerprint density at radius 3 is 0.824 bits per heavy atom. The first-order chi connectivity index (χ1) is 50.8. The monoisotopic (exact) mass is 1670 g/mol. The van der Waals surface area contributed by atoms with Crippen molar-refractivity contribution in [2.45, 2.75) is 50.1 Å². The van der Waals surface area contributed by atoms with Crippen LogP contribution in [0.4, 0.5) is 136 Å². The number of fused-ring (bicyclic) bond motifs is 3. The summed E-state index contributed by atoms with van der Waals surface area (Å²) in [5.41, 5.74) is 2.11. The van der Waals surface area contributed by atoms with E-state index in [9.17, 15) is 79.0 Å². The molecule has 0 fully saturated rings. The molecule has 0 bridgehead atoms. The molecule has 0 N–H and O–H groups in total. The molecule has 12 nitrogen and oxygen atoms in total. The largest absolute Gasteiger partial charge is 0.495 e. The molecule has 0 amide bonds. The molecule has 555 valence electrons. The maximum atomic E-state index is 13.8. The maximum Gasteiger partial charge on any atom is 0.451 e.